The summed E-state index contributed by atoms with van der Waals surface area (Å²) in [4.78, 5) is 4.21. The van der Waals surface area contributed by atoms with Gasteiger partial charge in [-0.25, -0.2) is 4.98 Å². The van der Waals surface area contributed by atoms with Crippen LogP contribution in [0.4, 0.5) is 17.2 Å². The Hall–Kier alpha value is -3.97. The predicted molar refractivity (Wildman–Crippen MR) is 96.4 cm³/mol. The molecule has 7 nitrogen and oxygen atoms in total. The quantitative estimate of drug-likeness (QED) is 0.611. The number of pyridine rings is 1. The summed E-state index contributed by atoms with van der Waals surface area (Å²) < 4.78 is 5.16. The van der Waals surface area contributed by atoms with Crippen LogP contribution in [0.1, 0.15) is 11.1 Å². The van der Waals surface area contributed by atoms with E-state index in [2.05, 4.69) is 11.1 Å². The van der Waals surface area contributed by atoms with Crippen molar-refractivity contribution in [3.8, 4) is 29.0 Å². The van der Waals surface area contributed by atoms with E-state index < -0.39 is 0 Å². The molecule has 1 aromatic heterocycles. The Kier molecular flexibility index (Phi) is 3.76. The van der Waals surface area contributed by atoms with Crippen molar-refractivity contribution in [2.75, 3.05) is 24.3 Å². The molecule has 0 aliphatic carbocycles. The van der Waals surface area contributed by atoms with Crippen molar-refractivity contribution in [1.82, 2.24) is 4.98 Å². The smallest absolute Gasteiger partial charge is 0.142 e. The molecular formula is C18H14N6O. The van der Waals surface area contributed by atoms with E-state index in [1.807, 2.05) is 6.07 Å². The summed E-state index contributed by atoms with van der Waals surface area (Å²) in [5, 5.41) is 19.5. The standard InChI is InChI=1S/C18H14N6O/c1-25-10-4-2-9(3-5-10)15-12(8-20)18(23)24-17-11(7-19)13(21)6-14(22)16(15)17/h2-6H,21-22H2,1H3,(H2,23,24). The van der Waals surface area contributed by atoms with Gasteiger partial charge in [-0.15, -0.1) is 0 Å². The Labute approximate surface area is 143 Å². The van der Waals surface area contributed by atoms with Crippen LogP contribution in [0.15, 0.2) is 30.3 Å². The van der Waals surface area contributed by atoms with Gasteiger partial charge in [-0.2, -0.15) is 10.5 Å². The van der Waals surface area contributed by atoms with Crippen LogP contribution in [0, 0.1) is 22.7 Å². The van der Waals surface area contributed by atoms with Gasteiger partial charge in [0.2, 0.25) is 0 Å². The number of methoxy groups -OCH3 is 1. The van der Waals surface area contributed by atoms with Gasteiger partial charge in [0.25, 0.3) is 0 Å². The van der Waals surface area contributed by atoms with Gasteiger partial charge in [0.05, 0.1) is 18.3 Å². The van der Waals surface area contributed by atoms with E-state index in [4.69, 9.17) is 21.9 Å². The molecular weight excluding hydrogens is 316 g/mol. The Bertz CT molecular complexity index is 1070. The van der Waals surface area contributed by atoms with Gasteiger partial charge in [0.1, 0.15) is 34.8 Å². The molecule has 25 heavy (non-hydrogen) atoms. The first kappa shape index (κ1) is 15.9. The highest BCUT2D eigenvalue weighted by Gasteiger charge is 2.20. The maximum atomic E-state index is 9.57. The second-order valence-electron chi connectivity index (χ2n) is 5.35. The molecule has 0 saturated carbocycles. The van der Waals surface area contributed by atoms with E-state index in [-0.39, 0.29) is 28.1 Å². The van der Waals surface area contributed by atoms with Gasteiger partial charge < -0.3 is 21.9 Å². The van der Waals surface area contributed by atoms with Crippen LogP contribution in [-0.2, 0) is 0 Å². The minimum absolute atomic E-state index is 0.0160. The molecule has 0 aliphatic heterocycles. The molecule has 0 unspecified atom stereocenters. The second-order valence-corrected chi connectivity index (χ2v) is 5.35. The Morgan fingerprint density at radius 1 is 0.960 bits per heavy atom. The van der Waals surface area contributed by atoms with Gasteiger partial charge in [-0.3, -0.25) is 0 Å². The summed E-state index contributed by atoms with van der Waals surface area (Å²) in [6.07, 6.45) is 0. The van der Waals surface area contributed by atoms with Crippen LogP contribution < -0.4 is 21.9 Å². The number of nitriles is 2. The summed E-state index contributed by atoms with van der Waals surface area (Å²) in [6, 6.07) is 12.7. The van der Waals surface area contributed by atoms with Crippen LogP contribution in [0.3, 0.4) is 0 Å². The highest BCUT2D eigenvalue weighted by atomic mass is 16.5. The third kappa shape index (κ3) is 2.41. The zero-order chi connectivity index (χ0) is 18.1. The third-order valence-corrected chi connectivity index (χ3v) is 3.95. The molecule has 0 saturated heterocycles. The average molecular weight is 330 g/mol. The van der Waals surface area contributed by atoms with Gasteiger partial charge in [-0.1, -0.05) is 12.1 Å². The maximum absolute atomic E-state index is 9.57. The zero-order valence-electron chi connectivity index (χ0n) is 13.4. The van der Waals surface area contributed by atoms with Crippen LogP contribution in [-0.4, -0.2) is 12.1 Å². The molecule has 3 rings (SSSR count). The van der Waals surface area contributed by atoms with E-state index in [1.54, 1.807) is 31.4 Å². The lowest BCUT2D eigenvalue weighted by molar-refractivity contribution is 0.415. The lowest BCUT2D eigenvalue weighted by Gasteiger charge is -2.15. The minimum Gasteiger partial charge on any atom is -0.497 e. The molecule has 1 heterocycles. The van der Waals surface area contributed by atoms with Crippen LogP contribution in [0.5, 0.6) is 5.75 Å². The molecule has 0 spiro atoms. The molecule has 0 bridgehead atoms. The number of nitrogen functional groups attached to an aromatic ring is 3. The fourth-order valence-corrected chi connectivity index (χ4v) is 2.79. The number of benzene rings is 2. The Balaban J connectivity index is 2.51. The SMILES string of the molecule is COc1ccc(-c2c(C#N)c(N)nc3c(C#N)c(N)cc(N)c23)cc1. The van der Waals surface area contributed by atoms with Crippen molar-refractivity contribution < 1.29 is 4.74 Å². The first-order valence-corrected chi connectivity index (χ1v) is 7.27. The van der Waals surface area contributed by atoms with Gasteiger partial charge in [-0.05, 0) is 23.8 Å². The highest BCUT2D eigenvalue weighted by Crippen LogP contribution is 2.40. The number of rotatable bonds is 2. The lowest BCUT2D eigenvalue weighted by atomic mass is 9.93. The number of nitrogens with zero attached hydrogens (tertiary/aromatic N) is 3. The lowest BCUT2D eigenvalue weighted by Crippen LogP contribution is -2.04. The van der Waals surface area contributed by atoms with Crippen molar-refractivity contribution in [3.63, 3.8) is 0 Å². The Morgan fingerprint density at radius 3 is 2.16 bits per heavy atom. The molecule has 0 atom stereocenters. The van der Waals surface area contributed by atoms with Gasteiger partial charge >= 0.3 is 0 Å². The molecule has 2 aromatic carbocycles. The third-order valence-electron chi connectivity index (χ3n) is 3.95. The van der Waals surface area contributed by atoms with Crippen LogP contribution in [0.2, 0.25) is 0 Å². The normalized spacial score (nSPS) is 10.2. The number of hydrogen-bond acceptors (Lipinski definition) is 7. The topological polar surface area (TPSA) is 148 Å². The number of fused-ring (bicyclic) bond motifs is 1. The first-order valence-electron chi connectivity index (χ1n) is 7.27. The van der Waals surface area contributed by atoms with Gasteiger partial charge in [0, 0.05) is 16.6 Å². The number of anilines is 3. The second kappa shape index (κ2) is 5.91. The van der Waals surface area contributed by atoms with E-state index in [0.717, 1.165) is 0 Å². The fraction of sp³-hybridized carbons (Fsp3) is 0.0556. The maximum Gasteiger partial charge on any atom is 0.142 e. The van der Waals surface area contributed by atoms with Gasteiger partial charge in [0.15, 0.2) is 0 Å². The first-order chi connectivity index (χ1) is 12.0. The monoisotopic (exact) mass is 330 g/mol. The fourth-order valence-electron chi connectivity index (χ4n) is 2.79. The van der Waals surface area contributed by atoms with Crippen molar-refractivity contribution in [2.24, 2.45) is 0 Å². The summed E-state index contributed by atoms with van der Waals surface area (Å²) in [5.74, 6) is 0.686. The highest BCUT2D eigenvalue weighted by molar-refractivity contribution is 6.09. The molecule has 0 fully saturated rings. The van der Waals surface area contributed by atoms with E-state index in [0.29, 0.717) is 28.0 Å². The molecule has 6 N–H and O–H groups in total. The molecule has 0 aliphatic rings. The summed E-state index contributed by atoms with van der Waals surface area (Å²) in [5.41, 5.74) is 20.4. The number of nitrogens with two attached hydrogens (primary N) is 3. The molecule has 0 amide bonds. The van der Waals surface area contributed by atoms with E-state index in [1.165, 1.54) is 6.07 Å². The van der Waals surface area contributed by atoms with Crippen LogP contribution in [0.25, 0.3) is 22.0 Å². The van der Waals surface area contributed by atoms with Crippen LogP contribution >= 0.6 is 0 Å². The summed E-state index contributed by atoms with van der Waals surface area (Å²) >= 11 is 0. The molecule has 3 aromatic rings. The number of aromatic nitrogens is 1. The molecule has 7 heteroatoms. The zero-order valence-corrected chi connectivity index (χ0v) is 13.4. The number of hydrogen-bond donors (Lipinski definition) is 3. The van der Waals surface area contributed by atoms with Crippen molar-refractivity contribution >= 4 is 28.1 Å². The average Bonchev–Trinajstić information content (AvgIpc) is 2.61. The molecule has 122 valence electrons. The van der Waals surface area contributed by atoms with E-state index >= 15 is 0 Å². The minimum atomic E-state index is 0.0160. The predicted octanol–water partition coefficient (Wildman–Crippen LogP) is 2.40. The Morgan fingerprint density at radius 2 is 1.60 bits per heavy atom. The van der Waals surface area contributed by atoms with Crippen molar-refractivity contribution in [1.29, 1.82) is 10.5 Å². The van der Waals surface area contributed by atoms with E-state index in [9.17, 15) is 10.5 Å². The van der Waals surface area contributed by atoms with Crippen molar-refractivity contribution in [2.45, 2.75) is 0 Å². The summed E-state index contributed by atoms with van der Waals surface area (Å²) in [6.45, 7) is 0. The largest absolute Gasteiger partial charge is 0.497 e. The number of ether oxygens (including phenoxy) is 1. The molecule has 0 radical (unpaired) electrons. The summed E-state index contributed by atoms with van der Waals surface area (Å²) in [7, 11) is 1.56. The van der Waals surface area contributed by atoms with Crippen molar-refractivity contribution in [3.05, 3.63) is 41.5 Å².